The van der Waals surface area contributed by atoms with Crippen LogP contribution in [-0.2, 0) is 9.84 Å². The summed E-state index contributed by atoms with van der Waals surface area (Å²) in [6.07, 6.45) is 1.18. The van der Waals surface area contributed by atoms with Crippen molar-refractivity contribution in [2.45, 2.75) is 18.1 Å². The quantitative estimate of drug-likeness (QED) is 0.485. The van der Waals surface area contributed by atoms with E-state index in [1.807, 2.05) is 0 Å². The van der Waals surface area contributed by atoms with Crippen molar-refractivity contribution in [3.05, 3.63) is 0 Å². The lowest BCUT2D eigenvalue weighted by Gasteiger charge is -1.93. The van der Waals surface area contributed by atoms with Gasteiger partial charge in [0, 0.05) is 0 Å². The van der Waals surface area contributed by atoms with Gasteiger partial charge < -0.3 is 0 Å². The monoisotopic (exact) mass is 145 g/mol. The first-order valence-electron chi connectivity index (χ1n) is 2.78. The summed E-state index contributed by atoms with van der Waals surface area (Å²) < 4.78 is 21.5. The Hall–Kier alpha value is -0.560. The van der Waals surface area contributed by atoms with Gasteiger partial charge in [0.2, 0.25) is 0 Å². The summed E-state index contributed by atoms with van der Waals surface area (Å²) in [4.78, 5) is 0. The summed E-state index contributed by atoms with van der Waals surface area (Å²) >= 11 is 0. The van der Waals surface area contributed by atoms with Crippen LogP contribution in [0.15, 0.2) is 0 Å². The Morgan fingerprint density at radius 3 is 2.44 bits per heavy atom. The SMILES string of the molecule is N#C[C@@H]1CCCS1(=O)=O. The third-order valence-corrected chi connectivity index (χ3v) is 3.54. The van der Waals surface area contributed by atoms with Gasteiger partial charge in [-0.05, 0) is 12.8 Å². The molecular formula is C5H7NO2S. The second-order valence-electron chi connectivity index (χ2n) is 2.13. The molecular weight excluding hydrogens is 138 g/mol. The van der Waals surface area contributed by atoms with Crippen LogP contribution < -0.4 is 0 Å². The Kier molecular flexibility index (Phi) is 1.45. The van der Waals surface area contributed by atoms with Crippen molar-refractivity contribution in [2.75, 3.05) is 5.75 Å². The molecule has 0 amide bonds. The Labute approximate surface area is 54.2 Å². The van der Waals surface area contributed by atoms with Crippen molar-refractivity contribution in [1.82, 2.24) is 0 Å². The van der Waals surface area contributed by atoms with Gasteiger partial charge in [-0.2, -0.15) is 5.26 Å². The van der Waals surface area contributed by atoms with E-state index in [-0.39, 0.29) is 5.75 Å². The first kappa shape index (κ1) is 6.56. The first-order valence-corrected chi connectivity index (χ1v) is 4.49. The van der Waals surface area contributed by atoms with Gasteiger partial charge in [0.25, 0.3) is 0 Å². The highest BCUT2D eigenvalue weighted by atomic mass is 32.2. The molecule has 0 aliphatic carbocycles. The lowest BCUT2D eigenvalue weighted by atomic mass is 10.3. The van der Waals surface area contributed by atoms with Gasteiger partial charge >= 0.3 is 0 Å². The molecule has 0 spiro atoms. The molecule has 1 atom stereocenters. The van der Waals surface area contributed by atoms with Crippen LogP contribution in [0.25, 0.3) is 0 Å². The molecule has 1 heterocycles. The zero-order valence-electron chi connectivity index (χ0n) is 4.87. The van der Waals surface area contributed by atoms with Gasteiger partial charge in [0.05, 0.1) is 11.8 Å². The lowest BCUT2D eigenvalue weighted by Crippen LogP contribution is -2.12. The first-order chi connectivity index (χ1) is 4.17. The summed E-state index contributed by atoms with van der Waals surface area (Å²) in [5.41, 5.74) is 0. The molecule has 0 aromatic rings. The Bertz CT molecular complexity index is 236. The molecule has 1 rings (SSSR count). The largest absolute Gasteiger partial charge is 0.227 e. The summed E-state index contributed by atoms with van der Waals surface area (Å²) in [5.74, 6) is 0.200. The number of nitrogens with zero attached hydrogens (tertiary/aromatic N) is 1. The normalized spacial score (nSPS) is 31.7. The molecule has 0 aromatic carbocycles. The topological polar surface area (TPSA) is 57.9 Å². The molecule has 1 saturated heterocycles. The smallest absolute Gasteiger partial charge is 0.166 e. The highest BCUT2D eigenvalue weighted by Crippen LogP contribution is 2.18. The average molecular weight is 145 g/mol. The molecule has 0 saturated carbocycles. The molecule has 0 radical (unpaired) electrons. The van der Waals surface area contributed by atoms with Crippen molar-refractivity contribution in [3.8, 4) is 6.07 Å². The van der Waals surface area contributed by atoms with Gasteiger partial charge in [0.1, 0.15) is 5.25 Å². The fourth-order valence-electron chi connectivity index (χ4n) is 0.937. The van der Waals surface area contributed by atoms with E-state index in [1.54, 1.807) is 6.07 Å². The van der Waals surface area contributed by atoms with Crippen LogP contribution in [0.2, 0.25) is 0 Å². The second kappa shape index (κ2) is 1.99. The van der Waals surface area contributed by atoms with Crippen LogP contribution >= 0.6 is 0 Å². The Balaban J connectivity index is 2.91. The number of nitriles is 1. The van der Waals surface area contributed by atoms with E-state index in [0.29, 0.717) is 12.8 Å². The van der Waals surface area contributed by atoms with Crippen LogP contribution in [0.5, 0.6) is 0 Å². The van der Waals surface area contributed by atoms with Crippen molar-refractivity contribution in [3.63, 3.8) is 0 Å². The van der Waals surface area contributed by atoms with E-state index in [2.05, 4.69) is 0 Å². The van der Waals surface area contributed by atoms with Crippen LogP contribution in [0.1, 0.15) is 12.8 Å². The molecule has 9 heavy (non-hydrogen) atoms. The third kappa shape index (κ3) is 1.06. The number of hydrogen-bond acceptors (Lipinski definition) is 3. The maximum absolute atomic E-state index is 10.8. The lowest BCUT2D eigenvalue weighted by molar-refractivity contribution is 0.597. The number of sulfone groups is 1. The fraction of sp³-hybridized carbons (Fsp3) is 0.800. The maximum Gasteiger partial charge on any atom is 0.166 e. The van der Waals surface area contributed by atoms with E-state index in [4.69, 9.17) is 5.26 Å². The molecule has 50 valence electrons. The van der Waals surface area contributed by atoms with E-state index >= 15 is 0 Å². The molecule has 1 fully saturated rings. The third-order valence-electron chi connectivity index (χ3n) is 1.47. The minimum atomic E-state index is -3.00. The van der Waals surface area contributed by atoms with Gasteiger partial charge in [0.15, 0.2) is 9.84 Å². The fourth-order valence-corrected chi connectivity index (χ4v) is 2.48. The van der Waals surface area contributed by atoms with Crippen molar-refractivity contribution in [1.29, 1.82) is 5.26 Å². The maximum atomic E-state index is 10.8. The molecule has 4 heteroatoms. The second-order valence-corrected chi connectivity index (χ2v) is 4.43. The summed E-state index contributed by atoms with van der Waals surface area (Å²) in [5, 5.41) is 7.56. The van der Waals surface area contributed by atoms with Gasteiger partial charge in [-0.25, -0.2) is 8.42 Å². The molecule has 0 aromatic heterocycles. The minimum Gasteiger partial charge on any atom is -0.227 e. The predicted octanol–water partition coefficient (Wildman–Crippen LogP) is 0.0872. The van der Waals surface area contributed by atoms with Crippen LogP contribution in [0, 0.1) is 11.3 Å². The summed E-state index contributed by atoms with van der Waals surface area (Å²) in [7, 11) is -3.00. The van der Waals surface area contributed by atoms with E-state index in [9.17, 15) is 8.42 Å². The van der Waals surface area contributed by atoms with E-state index < -0.39 is 15.1 Å². The predicted molar refractivity (Wildman–Crippen MR) is 32.4 cm³/mol. The van der Waals surface area contributed by atoms with Crippen molar-refractivity contribution >= 4 is 9.84 Å². The Morgan fingerprint density at radius 2 is 2.22 bits per heavy atom. The molecule has 3 nitrogen and oxygen atoms in total. The zero-order chi connectivity index (χ0) is 6.91. The standard InChI is InChI=1S/C5H7NO2S/c6-4-5-2-1-3-9(5,7)8/h5H,1-3H2/t5-/m0/s1. The molecule has 0 bridgehead atoms. The van der Waals surface area contributed by atoms with Crippen molar-refractivity contribution in [2.24, 2.45) is 0 Å². The van der Waals surface area contributed by atoms with Crippen LogP contribution in [0.4, 0.5) is 0 Å². The van der Waals surface area contributed by atoms with Gasteiger partial charge in [-0.3, -0.25) is 0 Å². The Morgan fingerprint density at radius 1 is 1.56 bits per heavy atom. The minimum absolute atomic E-state index is 0.200. The average Bonchev–Trinajstić information content (AvgIpc) is 2.08. The molecule has 0 unspecified atom stereocenters. The van der Waals surface area contributed by atoms with Gasteiger partial charge in [-0.1, -0.05) is 0 Å². The van der Waals surface area contributed by atoms with Crippen molar-refractivity contribution < 1.29 is 8.42 Å². The molecule has 0 N–H and O–H groups in total. The molecule has 1 aliphatic rings. The highest BCUT2D eigenvalue weighted by molar-refractivity contribution is 7.92. The number of hydrogen-bond donors (Lipinski definition) is 0. The highest BCUT2D eigenvalue weighted by Gasteiger charge is 2.30. The molecule has 1 aliphatic heterocycles. The number of rotatable bonds is 0. The summed E-state index contributed by atoms with van der Waals surface area (Å²) in [6, 6.07) is 1.77. The van der Waals surface area contributed by atoms with Gasteiger partial charge in [-0.15, -0.1) is 0 Å². The van der Waals surface area contributed by atoms with E-state index in [1.165, 1.54) is 0 Å². The van der Waals surface area contributed by atoms with E-state index in [0.717, 1.165) is 0 Å². The summed E-state index contributed by atoms with van der Waals surface area (Å²) in [6.45, 7) is 0. The zero-order valence-corrected chi connectivity index (χ0v) is 5.69. The van der Waals surface area contributed by atoms with Crippen LogP contribution in [-0.4, -0.2) is 19.4 Å². The van der Waals surface area contributed by atoms with Crippen LogP contribution in [0.3, 0.4) is 0 Å².